The van der Waals surface area contributed by atoms with E-state index in [4.69, 9.17) is 5.73 Å². The van der Waals surface area contributed by atoms with Gasteiger partial charge in [-0.05, 0) is 18.6 Å². The number of hydrogen-bond donors (Lipinski definition) is 2. The minimum absolute atomic E-state index is 0.373. The molecule has 0 unspecified atom stereocenters. The van der Waals surface area contributed by atoms with Gasteiger partial charge >= 0.3 is 0 Å². The first-order valence-corrected chi connectivity index (χ1v) is 6.46. The molecule has 0 saturated heterocycles. The van der Waals surface area contributed by atoms with Gasteiger partial charge in [0.2, 0.25) is 11.1 Å². The molecule has 3 N–H and O–H groups in total. The third kappa shape index (κ3) is 2.73. The smallest absolute Gasteiger partial charge is 0.216 e. The summed E-state index contributed by atoms with van der Waals surface area (Å²) >= 11 is 3.44. The molecule has 0 spiro atoms. The van der Waals surface area contributed by atoms with Crippen LogP contribution in [0.3, 0.4) is 0 Å². The number of aromatic amines is 1. The van der Waals surface area contributed by atoms with E-state index in [1.807, 2.05) is 11.3 Å². The van der Waals surface area contributed by atoms with Crippen molar-refractivity contribution in [2.75, 3.05) is 5.73 Å². The van der Waals surface area contributed by atoms with Gasteiger partial charge in [-0.1, -0.05) is 18.7 Å². The summed E-state index contributed by atoms with van der Waals surface area (Å²) in [4.78, 5) is 6.80. The summed E-state index contributed by atoms with van der Waals surface area (Å²) < 4.78 is 0. The molecule has 0 aliphatic heterocycles. The Morgan fingerprint density at radius 2 is 2.27 bits per heavy atom. The second-order valence-electron chi connectivity index (χ2n) is 3.01. The molecule has 0 atom stereocenters. The zero-order valence-corrected chi connectivity index (χ0v) is 9.99. The molecule has 0 fully saturated rings. The maximum absolute atomic E-state index is 5.43. The zero-order chi connectivity index (χ0) is 10.7. The standard InChI is InChI=1S/C9H12N4S2/c1-2-6-3-4-7(15-6)5-14-9-11-8(10)12-13-9/h3-4H,2,5H2,1H3,(H3,10,11,12,13). The van der Waals surface area contributed by atoms with Crippen LogP contribution in [0.2, 0.25) is 0 Å². The van der Waals surface area contributed by atoms with Crippen molar-refractivity contribution in [1.82, 2.24) is 15.2 Å². The molecule has 0 amide bonds. The third-order valence-corrected chi connectivity index (χ3v) is 4.20. The lowest BCUT2D eigenvalue weighted by Gasteiger charge is -1.92. The average molecular weight is 240 g/mol. The number of H-pyrrole nitrogens is 1. The molecule has 2 rings (SSSR count). The molecule has 4 nitrogen and oxygen atoms in total. The van der Waals surface area contributed by atoms with E-state index >= 15 is 0 Å². The molecule has 0 aromatic carbocycles. The number of aryl methyl sites for hydroxylation is 1. The SMILES string of the molecule is CCc1ccc(CSc2n[nH]c(N)n2)s1. The lowest BCUT2D eigenvalue weighted by Crippen LogP contribution is -1.85. The Hall–Kier alpha value is -1.01. The van der Waals surface area contributed by atoms with Gasteiger partial charge in [-0.15, -0.1) is 16.4 Å². The normalized spacial score (nSPS) is 10.7. The van der Waals surface area contributed by atoms with Gasteiger partial charge in [0.05, 0.1) is 0 Å². The monoisotopic (exact) mass is 240 g/mol. The number of hydrogen-bond acceptors (Lipinski definition) is 5. The summed E-state index contributed by atoms with van der Waals surface area (Å²) in [6.07, 6.45) is 1.10. The summed E-state index contributed by atoms with van der Waals surface area (Å²) in [6, 6.07) is 4.33. The number of nitrogens with one attached hydrogen (secondary N) is 1. The van der Waals surface area contributed by atoms with E-state index < -0.39 is 0 Å². The molecule has 0 bridgehead atoms. The number of anilines is 1. The molecule has 80 valence electrons. The van der Waals surface area contributed by atoms with E-state index in [1.54, 1.807) is 11.8 Å². The van der Waals surface area contributed by atoms with Crippen LogP contribution in [0.25, 0.3) is 0 Å². The average Bonchev–Trinajstić information content (AvgIpc) is 2.83. The van der Waals surface area contributed by atoms with E-state index in [0.717, 1.165) is 12.2 Å². The molecular formula is C9H12N4S2. The second kappa shape index (κ2) is 4.67. The summed E-state index contributed by atoms with van der Waals surface area (Å²) in [5.74, 6) is 1.28. The Balaban J connectivity index is 1.93. The Morgan fingerprint density at radius 3 is 2.87 bits per heavy atom. The van der Waals surface area contributed by atoms with Gasteiger partial charge < -0.3 is 5.73 Å². The topological polar surface area (TPSA) is 67.6 Å². The summed E-state index contributed by atoms with van der Waals surface area (Å²) in [5.41, 5.74) is 5.43. The van der Waals surface area contributed by atoms with Crippen molar-refractivity contribution in [2.45, 2.75) is 24.3 Å². The van der Waals surface area contributed by atoms with Gasteiger partial charge in [-0.2, -0.15) is 4.98 Å². The number of thioether (sulfide) groups is 1. The summed E-state index contributed by atoms with van der Waals surface area (Å²) in [7, 11) is 0. The highest BCUT2D eigenvalue weighted by Crippen LogP contribution is 2.25. The van der Waals surface area contributed by atoms with Gasteiger partial charge in [-0.25, -0.2) is 5.10 Å². The van der Waals surface area contributed by atoms with Crippen LogP contribution in [-0.4, -0.2) is 15.2 Å². The number of rotatable bonds is 4. The van der Waals surface area contributed by atoms with Crippen LogP contribution in [0.15, 0.2) is 17.3 Å². The minimum Gasteiger partial charge on any atom is -0.368 e. The lowest BCUT2D eigenvalue weighted by atomic mass is 10.4. The highest BCUT2D eigenvalue weighted by molar-refractivity contribution is 7.98. The number of nitrogen functional groups attached to an aromatic ring is 1. The molecule has 6 heteroatoms. The van der Waals surface area contributed by atoms with Crippen molar-refractivity contribution in [2.24, 2.45) is 0 Å². The fourth-order valence-corrected chi connectivity index (χ4v) is 2.95. The van der Waals surface area contributed by atoms with E-state index in [0.29, 0.717) is 11.1 Å². The van der Waals surface area contributed by atoms with Crippen LogP contribution in [0.5, 0.6) is 0 Å². The first kappa shape index (κ1) is 10.5. The van der Waals surface area contributed by atoms with Crippen LogP contribution < -0.4 is 5.73 Å². The largest absolute Gasteiger partial charge is 0.368 e. The van der Waals surface area contributed by atoms with Crippen LogP contribution >= 0.6 is 23.1 Å². The van der Waals surface area contributed by atoms with E-state index in [9.17, 15) is 0 Å². The Bertz CT molecular complexity index is 435. The second-order valence-corrected chi connectivity index (χ2v) is 5.21. The Morgan fingerprint density at radius 1 is 1.47 bits per heavy atom. The molecule has 2 heterocycles. The minimum atomic E-state index is 0.373. The molecule has 0 aliphatic carbocycles. The van der Waals surface area contributed by atoms with Gasteiger partial charge in [-0.3, -0.25) is 0 Å². The highest BCUT2D eigenvalue weighted by Gasteiger charge is 2.03. The van der Waals surface area contributed by atoms with Crippen molar-refractivity contribution in [3.05, 3.63) is 21.9 Å². The van der Waals surface area contributed by atoms with Gasteiger partial charge in [0.25, 0.3) is 0 Å². The van der Waals surface area contributed by atoms with Crippen molar-refractivity contribution in [1.29, 1.82) is 0 Å². The maximum atomic E-state index is 5.43. The number of nitrogens with zero attached hydrogens (tertiary/aromatic N) is 2. The molecular weight excluding hydrogens is 228 g/mol. The van der Waals surface area contributed by atoms with E-state index in [2.05, 4.69) is 34.2 Å². The fourth-order valence-electron chi connectivity index (χ4n) is 1.15. The highest BCUT2D eigenvalue weighted by atomic mass is 32.2. The molecule has 2 aromatic heterocycles. The number of thiophene rings is 1. The van der Waals surface area contributed by atoms with Gasteiger partial charge in [0, 0.05) is 15.5 Å². The predicted molar refractivity (Wildman–Crippen MR) is 64.1 cm³/mol. The van der Waals surface area contributed by atoms with Crippen molar-refractivity contribution >= 4 is 29.0 Å². The number of nitrogens with two attached hydrogens (primary N) is 1. The third-order valence-electron chi connectivity index (χ3n) is 1.89. The fraction of sp³-hybridized carbons (Fsp3) is 0.333. The van der Waals surface area contributed by atoms with Crippen LogP contribution in [0, 0.1) is 0 Å². The lowest BCUT2D eigenvalue weighted by molar-refractivity contribution is 0.974. The van der Waals surface area contributed by atoms with Gasteiger partial charge in [0.1, 0.15) is 0 Å². The molecule has 15 heavy (non-hydrogen) atoms. The van der Waals surface area contributed by atoms with Crippen LogP contribution in [0.4, 0.5) is 5.95 Å². The predicted octanol–water partition coefficient (Wildman–Crippen LogP) is 2.30. The van der Waals surface area contributed by atoms with Crippen molar-refractivity contribution in [3.63, 3.8) is 0 Å². The van der Waals surface area contributed by atoms with Crippen LogP contribution in [0.1, 0.15) is 16.7 Å². The van der Waals surface area contributed by atoms with E-state index in [1.165, 1.54) is 9.75 Å². The van der Waals surface area contributed by atoms with Crippen molar-refractivity contribution < 1.29 is 0 Å². The summed E-state index contributed by atoms with van der Waals surface area (Å²) in [5, 5.41) is 7.29. The quantitative estimate of drug-likeness (QED) is 0.805. The first-order chi connectivity index (χ1) is 7.28. The van der Waals surface area contributed by atoms with Crippen LogP contribution in [-0.2, 0) is 12.2 Å². The maximum Gasteiger partial charge on any atom is 0.216 e. The zero-order valence-electron chi connectivity index (χ0n) is 8.36. The van der Waals surface area contributed by atoms with Crippen molar-refractivity contribution in [3.8, 4) is 0 Å². The molecule has 0 saturated carbocycles. The molecule has 0 radical (unpaired) electrons. The summed E-state index contributed by atoms with van der Waals surface area (Å²) in [6.45, 7) is 2.17. The first-order valence-electron chi connectivity index (χ1n) is 4.66. The van der Waals surface area contributed by atoms with E-state index in [-0.39, 0.29) is 0 Å². The molecule has 2 aromatic rings. The number of aromatic nitrogens is 3. The molecule has 0 aliphatic rings. The Labute approximate surface area is 96.3 Å². The Kier molecular flexibility index (Phi) is 3.27. The van der Waals surface area contributed by atoms with Gasteiger partial charge in [0.15, 0.2) is 0 Å².